The molecule has 0 bridgehead atoms. The molecule has 37 heavy (non-hydrogen) atoms. The van der Waals surface area contributed by atoms with Gasteiger partial charge < -0.3 is 10.1 Å². The third-order valence-electron chi connectivity index (χ3n) is 6.11. The first-order chi connectivity index (χ1) is 17.7. The van der Waals surface area contributed by atoms with E-state index in [9.17, 15) is 22.0 Å². The van der Waals surface area contributed by atoms with Gasteiger partial charge >= 0.3 is 0 Å². The maximum absolute atomic E-state index is 14.2. The van der Waals surface area contributed by atoms with Crippen LogP contribution in [0.1, 0.15) is 12.8 Å². The number of piperidine rings is 1. The molecule has 192 valence electrons. The quantitative estimate of drug-likeness (QED) is 0.408. The highest BCUT2D eigenvalue weighted by Crippen LogP contribution is 2.26. The molecule has 5 rings (SSSR count). The van der Waals surface area contributed by atoms with E-state index in [0.29, 0.717) is 37.0 Å². The second kappa shape index (κ2) is 9.87. The van der Waals surface area contributed by atoms with Gasteiger partial charge in [0.2, 0.25) is 16.0 Å². The topological polar surface area (TPSA) is 106 Å². The Labute approximate surface area is 211 Å². The van der Waals surface area contributed by atoms with E-state index in [0.717, 1.165) is 0 Å². The van der Waals surface area contributed by atoms with Crippen molar-refractivity contribution in [2.45, 2.75) is 18.9 Å². The fourth-order valence-corrected chi connectivity index (χ4v) is 5.08. The summed E-state index contributed by atoms with van der Waals surface area (Å²) < 4.78 is 59.7. The smallest absolute Gasteiger partial charge is 0.299 e. The van der Waals surface area contributed by atoms with Gasteiger partial charge in [0.15, 0.2) is 23.0 Å². The third kappa shape index (κ3) is 5.30. The van der Waals surface area contributed by atoms with E-state index in [1.54, 1.807) is 6.07 Å². The number of pyridine rings is 1. The molecule has 0 aliphatic carbocycles. The second-order valence-electron chi connectivity index (χ2n) is 8.71. The van der Waals surface area contributed by atoms with Crippen molar-refractivity contribution in [2.75, 3.05) is 24.7 Å². The van der Waals surface area contributed by atoms with Gasteiger partial charge in [0.05, 0.1) is 11.9 Å². The predicted molar refractivity (Wildman–Crippen MR) is 135 cm³/mol. The van der Waals surface area contributed by atoms with Gasteiger partial charge in [-0.25, -0.2) is 26.5 Å². The molecule has 0 amide bonds. The van der Waals surface area contributed by atoms with E-state index in [1.165, 1.54) is 69.9 Å². The van der Waals surface area contributed by atoms with E-state index < -0.39 is 27.2 Å². The van der Waals surface area contributed by atoms with Gasteiger partial charge in [-0.05, 0) is 55.3 Å². The summed E-state index contributed by atoms with van der Waals surface area (Å²) in [5.74, 6) is -1.13. The predicted octanol–water partition coefficient (Wildman–Crippen LogP) is 3.69. The van der Waals surface area contributed by atoms with Gasteiger partial charge in [-0.15, -0.1) is 0 Å². The van der Waals surface area contributed by atoms with Crippen LogP contribution < -0.4 is 15.6 Å². The molecule has 1 N–H and O–H groups in total. The third-order valence-corrected chi connectivity index (χ3v) is 7.41. The molecule has 1 fully saturated rings. The number of aromatic nitrogens is 3. The monoisotopic (exact) mass is 527 g/mol. The van der Waals surface area contributed by atoms with Crippen molar-refractivity contribution in [1.29, 1.82) is 0 Å². The normalized spacial score (nSPS) is 15.1. The minimum Gasteiger partial charge on any atom is -0.448 e. The van der Waals surface area contributed by atoms with E-state index in [-0.39, 0.29) is 29.1 Å². The van der Waals surface area contributed by atoms with Crippen LogP contribution in [-0.4, -0.2) is 52.6 Å². The molecule has 3 heterocycles. The maximum Gasteiger partial charge on any atom is 0.299 e. The number of benzene rings is 2. The first kappa shape index (κ1) is 24.8. The Morgan fingerprint density at radius 2 is 1.73 bits per heavy atom. The van der Waals surface area contributed by atoms with Crippen LogP contribution in [-0.2, 0) is 10.0 Å². The SMILES string of the molecule is CS(=O)(=O)N1CCC(Nc2ncc3cc(Oc4ccccc4F)c(=O)n(-c4ccc(F)cc4)c3n2)CC1. The van der Waals surface area contributed by atoms with Crippen LogP contribution in [0, 0.1) is 11.6 Å². The number of para-hydroxylation sites is 1. The Morgan fingerprint density at radius 3 is 2.41 bits per heavy atom. The lowest BCUT2D eigenvalue weighted by molar-refractivity contribution is 0.331. The second-order valence-corrected chi connectivity index (χ2v) is 10.7. The number of fused-ring (bicyclic) bond motifs is 1. The summed E-state index contributed by atoms with van der Waals surface area (Å²) in [7, 11) is -3.25. The number of sulfonamides is 1. The molecule has 1 aliphatic heterocycles. The van der Waals surface area contributed by atoms with Crippen molar-refractivity contribution in [2.24, 2.45) is 0 Å². The Bertz CT molecular complexity index is 1620. The average molecular weight is 528 g/mol. The largest absolute Gasteiger partial charge is 0.448 e. The zero-order valence-corrected chi connectivity index (χ0v) is 20.6. The van der Waals surface area contributed by atoms with Crippen LogP contribution in [0.2, 0.25) is 0 Å². The van der Waals surface area contributed by atoms with Crippen LogP contribution in [0.3, 0.4) is 0 Å². The minimum atomic E-state index is -3.25. The van der Waals surface area contributed by atoms with Crippen molar-refractivity contribution in [3.8, 4) is 17.2 Å². The van der Waals surface area contributed by atoms with Crippen molar-refractivity contribution >= 4 is 27.0 Å². The summed E-state index contributed by atoms with van der Waals surface area (Å²) in [5, 5.41) is 3.65. The number of hydrogen-bond donors (Lipinski definition) is 1. The zero-order chi connectivity index (χ0) is 26.2. The number of hydrogen-bond acceptors (Lipinski definition) is 7. The summed E-state index contributed by atoms with van der Waals surface area (Å²) in [6.07, 6.45) is 3.82. The van der Waals surface area contributed by atoms with Crippen molar-refractivity contribution in [3.63, 3.8) is 0 Å². The van der Waals surface area contributed by atoms with Crippen LogP contribution in [0.5, 0.6) is 11.5 Å². The Morgan fingerprint density at radius 1 is 1.03 bits per heavy atom. The Balaban J connectivity index is 1.53. The van der Waals surface area contributed by atoms with Gasteiger partial charge in [-0.1, -0.05) is 12.1 Å². The highest BCUT2D eigenvalue weighted by atomic mass is 32.2. The molecule has 0 radical (unpaired) electrons. The molecule has 0 unspecified atom stereocenters. The van der Waals surface area contributed by atoms with Crippen LogP contribution in [0.15, 0.2) is 65.6 Å². The van der Waals surface area contributed by atoms with Crippen molar-refractivity contribution < 1.29 is 21.9 Å². The van der Waals surface area contributed by atoms with Crippen LogP contribution >= 0.6 is 0 Å². The Hall–Kier alpha value is -3.90. The van der Waals surface area contributed by atoms with Crippen molar-refractivity contribution in [1.82, 2.24) is 18.8 Å². The highest BCUT2D eigenvalue weighted by Gasteiger charge is 2.25. The number of nitrogens with one attached hydrogen (secondary N) is 1. The number of ether oxygens (including phenoxy) is 1. The minimum absolute atomic E-state index is 0.0647. The molecule has 0 spiro atoms. The van der Waals surface area contributed by atoms with Gasteiger partial charge in [-0.3, -0.25) is 9.36 Å². The highest BCUT2D eigenvalue weighted by molar-refractivity contribution is 7.88. The molecule has 9 nitrogen and oxygen atoms in total. The number of halogens is 2. The summed E-state index contributed by atoms with van der Waals surface area (Å²) in [4.78, 5) is 22.4. The number of anilines is 1. The fraction of sp³-hybridized carbons (Fsp3) is 0.240. The van der Waals surface area contributed by atoms with Gasteiger partial charge in [0.25, 0.3) is 5.56 Å². The van der Waals surface area contributed by atoms with Crippen LogP contribution in [0.25, 0.3) is 16.7 Å². The first-order valence-corrected chi connectivity index (χ1v) is 13.4. The zero-order valence-electron chi connectivity index (χ0n) is 19.8. The molecule has 12 heteroatoms. The summed E-state index contributed by atoms with van der Waals surface area (Å²) in [6.45, 7) is 0.752. The lowest BCUT2D eigenvalue weighted by Gasteiger charge is -2.30. The van der Waals surface area contributed by atoms with Gasteiger partial charge in [0, 0.05) is 30.7 Å². The number of nitrogens with zero attached hydrogens (tertiary/aromatic N) is 4. The van der Waals surface area contributed by atoms with Gasteiger partial charge in [0.1, 0.15) is 5.82 Å². The fourth-order valence-electron chi connectivity index (χ4n) is 4.21. The average Bonchev–Trinajstić information content (AvgIpc) is 2.87. The van der Waals surface area contributed by atoms with E-state index >= 15 is 0 Å². The van der Waals surface area contributed by atoms with Crippen LogP contribution in [0.4, 0.5) is 14.7 Å². The summed E-state index contributed by atoms with van der Waals surface area (Å²) >= 11 is 0. The van der Waals surface area contributed by atoms with E-state index in [2.05, 4.69) is 15.3 Å². The molecule has 0 atom stereocenters. The Kier molecular flexibility index (Phi) is 6.61. The molecule has 0 saturated carbocycles. The molecular weight excluding hydrogens is 504 g/mol. The van der Waals surface area contributed by atoms with Gasteiger partial charge in [-0.2, -0.15) is 4.98 Å². The molecule has 2 aromatic carbocycles. The standard InChI is InChI=1S/C25H23F2N5O4S/c1-37(34,35)31-12-10-18(11-13-31)29-25-28-15-16-14-22(36-21-5-3-2-4-20(21)27)24(33)32(23(16)30-25)19-8-6-17(26)7-9-19/h2-9,14-15,18H,10-13H2,1H3,(H,28,29,30). The molecule has 1 saturated heterocycles. The molecule has 1 aliphatic rings. The molecule has 2 aromatic heterocycles. The molecule has 4 aromatic rings. The summed E-state index contributed by atoms with van der Waals surface area (Å²) in [5.41, 5.74) is -0.0430. The first-order valence-electron chi connectivity index (χ1n) is 11.5. The lowest BCUT2D eigenvalue weighted by atomic mass is 10.1. The molecular formula is C25H23F2N5O4S. The maximum atomic E-state index is 14.2. The van der Waals surface area contributed by atoms with Crippen molar-refractivity contribution in [3.05, 3.63) is 82.8 Å². The van der Waals surface area contributed by atoms with E-state index in [1.807, 2.05) is 0 Å². The van der Waals surface area contributed by atoms with E-state index in [4.69, 9.17) is 4.74 Å². The number of rotatable bonds is 6. The lowest BCUT2D eigenvalue weighted by Crippen LogP contribution is -2.42. The summed E-state index contributed by atoms with van der Waals surface area (Å²) in [6, 6.07) is 12.4.